The van der Waals surface area contributed by atoms with Crippen LogP contribution in [0.5, 0.6) is 0 Å². The van der Waals surface area contributed by atoms with Crippen molar-refractivity contribution >= 4 is 5.91 Å². The van der Waals surface area contributed by atoms with E-state index in [1.54, 1.807) is 0 Å². The van der Waals surface area contributed by atoms with Crippen LogP contribution in [-0.4, -0.2) is 41.9 Å². The van der Waals surface area contributed by atoms with Crippen LogP contribution in [0.4, 0.5) is 0 Å². The van der Waals surface area contributed by atoms with E-state index in [4.69, 9.17) is 15.9 Å². The maximum absolute atomic E-state index is 11.3. The molecule has 0 saturated heterocycles. The average molecular weight is 204 g/mol. The molecule has 1 unspecified atom stereocenters. The van der Waals surface area contributed by atoms with Crippen LogP contribution in [0.2, 0.25) is 0 Å². The number of carbonyl (C=O) groups excluding carboxylic acids is 1. The Morgan fingerprint density at radius 2 is 2.00 bits per heavy atom. The summed E-state index contributed by atoms with van der Waals surface area (Å²) in [6, 6.07) is -0.558. The summed E-state index contributed by atoms with van der Waals surface area (Å²) in [6.45, 7) is 1.95. The molecule has 0 heterocycles. The third kappa shape index (κ3) is 5.16. The van der Waals surface area contributed by atoms with Crippen molar-refractivity contribution in [1.82, 2.24) is 5.32 Å². The smallest absolute Gasteiger partial charge is 0.220 e. The van der Waals surface area contributed by atoms with Gasteiger partial charge in [0.25, 0.3) is 0 Å². The Kier molecular flexibility index (Phi) is 7.37. The van der Waals surface area contributed by atoms with Crippen LogP contribution < -0.4 is 11.1 Å². The number of aliphatic hydroxyl groups is 2. The van der Waals surface area contributed by atoms with E-state index in [0.717, 1.165) is 6.42 Å². The van der Waals surface area contributed by atoms with Crippen molar-refractivity contribution in [3.05, 3.63) is 0 Å². The Labute approximate surface area is 84.3 Å². The quantitative estimate of drug-likeness (QED) is 0.420. The predicted molar refractivity (Wildman–Crippen MR) is 53.6 cm³/mol. The first-order valence-electron chi connectivity index (χ1n) is 4.89. The summed E-state index contributed by atoms with van der Waals surface area (Å²) in [5.41, 5.74) is 5.45. The van der Waals surface area contributed by atoms with Gasteiger partial charge in [-0.05, 0) is 12.5 Å². The number of aliphatic hydroxyl groups excluding tert-OH is 2. The van der Waals surface area contributed by atoms with Crippen molar-refractivity contribution in [3.8, 4) is 0 Å². The van der Waals surface area contributed by atoms with Crippen LogP contribution in [0.1, 0.15) is 19.8 Å². The highest BCUT2D eigenvalue weighted by atomic mass is 16.3. The monoisotopic (exact) mass is 204 g/mol. The van der Waals surface area contributed by atoms with E-state index in [9.17, 15) is 4.79 Å². The molecule has 0 saturated carbocycles. The summed E-state index contributed by atoms with van der Waals surface area (Å²) < 4.78 is 0. The SMILES string of the molecule is CCC(CN)CC(=O)NC(CO)CO. The van der Waals surface area contributed by atoms with Crippen molar-refractivity contribution in [2.24, 2.45) is 11.7 Å². The number of rotatable bonds is 7. The summed E-state index contributed by atoms with van der Waals surface area (Å²) >= 11 is 0. The highest BCUT2D eigenvalue weighted by Crippen LogP contribution is 2.05. The molecule has 0 aliphatic heterocycles. The molecule has 0 fully saturated rings. The van der Waals surface area contributed by atoms with Crippen molar-refractivity contribution in [2.45, 2.75) is 25.8 Å². The maximum Gasteiger partial charge on any atom is 0.220 e. The summed E-state index contributed by atoms with van der Waals surface area (Å²) in [5, 5.41) is 20.0. The van der Waals surface area contributed by atoms with Gasteiger partial charge in [-0.3, -0.25) is 4.79 Å². The second-order valence-corrected chi connectivity index (χ2v) is 3.34. The van der Waals surface area contributed by atoms with Crippen LogP contribution >= 0.6 is 0 Å². The molecule has 0 aromatic rings. The Balaban J connectivity index is 3.83. The molecule has 1 amide bonds. The zero-order valence-electron chi connectivity index (χ0n) is 8.57. The minimum Gasteiger partial charge on any atom is -0.394 e. The Hall–Kier alpha value is -0.650. The second-order valence-electron chi connectivity index (χ2n) is 3.34. The predicted octanol–water partition coefficient (Wildman–Crippen LogP) is -1.17. The first kappa shape index (κ1) is 13.4. The Bertz CT molecular complexity index is 140. The zero-order valence-corrected chi connectivity index (χ0v) is 8.57. The van der Waals surface area contributed by atoms with Crippen LogP contribution in [0, 0.1) is 5.92 Å². The van der Waals surface area contributed by atoms with E-state index in [2.05, 4.69) is 5.32 Å². The van der Waals surface area contributed by atoms with Crippen molar-refractivity contribution in [1.29, 1.82) is 0 Å². The van der Waals surface area contributed by atoms with Gasteiger partial charge in [-0.2, -0.15) is 0 Å². The van der Waals surface area contributed by atoms with E-state index in [-0.39, 0.29) is 25.0 Å². The largest absolute Gasteiger partial charge is 0.394 e. The molecule has 1 atom stereocenters. The van der Waals surface area contributed by atoms with Gasteiger partial charge in [0.05, 0.1) is 19.3 Å². The lowest BCUT2D eigenvalue weighted by Gasteiger charge is -2.16. The van der Waals surface area contributed by atoms with Gasteiger partial charge in [0, 0.05) is 6.42 Å². The first-order valence-corrected chi connectivity index (χ1v) is 4.89. The number of hydrogen-bond acceptors (Lipinski definition) is 4. The zero-order chi connectivity index (χ0) is 11.0. The summed E-state index contributed by atoms with van der Waals surface area (Å²) in [6.07, 6.45) is 1.20. The fraction of sp³-hybridized carbons (Fsp3) is 0.889. The molecule has 0 radical (unpaired) electrons. The van der Waals surface area contributed by atoms with Gasteiger partial charge in [-0.25, -0.2) is 0 Å². The fourth-order valence-electron chi connectivity index (χ4n) is 1.09. The molecule has 0 aromatic heterocycles. The van der Waals surface area contributed by atoms with Crippen LogP contribution in [-0.2, 0) is 4.79 Å². The van der Waals surface area contributed by atoms with Gasteiger partial charge in [-0.1, -0.05) is 13.3 Å². The van der Waals surface area contributed by atoms with Gasteiger partial charge < -0.3 is 21.3 Å². The molecule has 84 valence electrons. The number of carbonyl (C=O) groups is 1. The fourth-order valence-corrected chi connectivity index (χ4v) is 1.09. The van der Waals surface area contributed by atoms with Crippen molar-refractivity contribution < 1.29 is 15.0 Å². The third-order valence-corrected chi connectivity index (χ3v) is 2.19. The van der Waals surface area contributed by atoms with Gasteiger partial charge in [-0.15, -0.1) is 0 Å². The highest BCUT2D eigenvalue weighted by Gasteiger charge is 2.13. The lowest BCUT2D eigenvalue weighted by Crippen LogP contribution is -2.41. The van der Waals surface area contributed by atoms with E-state index in [1.165, 1.54) is 0 Å². The number of nitrogens with two attached hydrogens (primary N) is 1. The molecule has 5 nitrogen and oxygen atoms in total. The molecular formula is C9H20N2O3. The first-order chi connectivity index (χ1) is 6.67. The molecule has 5 N–H and O–H groups in total. The average Bonchev–Trinajstić information content (AvgIpc) is 2.22. The topological polar surface area (TPSA) is 95.6 Å². The molecule has 5 heteroatoms. The lowest BCUT2D eigenvalue weighted by atomic mass is 10.0. The van der Waals surface area contributed by atoms with Gasteiger partial charge in [0.1, 0.15) is 0 Å². The summed E-state index contributed by atoms with van der Waals surface area (Å²) in [4.78, 5) is 11.3. The van der Waals surface area contributed by atoms with Crippen LogP contribution in [0.3, 0.4) is 0 Å². The van der Waals surface area contributed by atoms with Gasteiger partial charge in [0.15, 0.2) is 0 Å². The van der Waals surface area contributed by atoms with E-state index in [0.29, 0.717) is 13.0 Å². The molecule has 0 bridgehead atoms. The van der Waals surface area contributed by atoms with E-state index >= 15 is 0 Å². The normalized spacial score (nSPS) is 12.9. The summed E-state index contributed by atoms with van der Waals surface area (Å²) in [5.74, 6) is 0.00318. The number of hydrogen-bond donors (Lipinski definition) is 4. The number of amides is 1. The van der Waals surface area contributed by atoms with Crippen molar-refractivity contribution in [2.75, 3.05) is 19.8 Å². The van der Waals surface area contributed by atoms with E-state index in [1.807, 2.05) is 6.92 Å². The van der Waals surface area contributed by atoms with Crippen molar-refractivity contribution in [3.63, 3.8) is 0 Å². The molecule has 0 rings (SSSR count). The van der Waals surface area contributed by atoms with Gasteiger partial charge in [0.2, 0.25) is 5.91 Å². The Morgan fingerprint density at radius 3 is 2.36 bits per heavy atom. The standard InChI is InChI=1S/C9H20N2O3/c1-2-7(4-10)3-9(14)11-8(5-12)6-13/h7-8,12-13H,2-6,10H2,1H3,(H,11,14). The van der Waals surface area contributed by atoms with Crippen LogP contribution in [0.15, 0.2) is 0 Å². The molecule has 0 aromatic carbocycles. The maximum atomic E-state index is 11.3. The Morgan fingerprint density at radius 1 is 1.43 bits per heavy atom. The molecule has 0 aliphatic carbocycles. The minimum absolute atomic E-state index is 0.171. The molecular weight excluding hydrogens is 184 g/mol. The second kappa shape index (κ2) is 7.73. The lowest BCUT2D eigenvalue weighted by molar-refractivity contribution is -0.123. The number of nitrogens with one attached hydrogen (secondary N) is 1. The molecule has 0 aliphatic rings. The summed E-state index contributed by atoms with van der Waals surface area (Å²) in [7, 11) is 0. The van der Waals surface area contributed by atoms with E-state index < -0.39 is 6.04 Å². The van der Waals surface area contributed by atoms with Crippen LogP contribution in [0.25, 0.3) is 0 Å². The third-order valence-electron chi connectivity index (χ3n) is 2.19. The molecule has 0 spiro atoms. The highest BCUT2D eigenvalue weighted by molar-refractivity contribution is 5.76. The van der Waals surface area contributed by atoms with Gasteiger partial charge >= 0.3 is 0 Å². The minimum atomic E-state index is -0.558. The molecule has 14 heavy (non-hydrogen) atoms.